The molecule has 1 aromatic heterocycles. The van der Waals surface area contributed by atoms with Crippen LogP contribution in [0.15, 0.2) is 42.7 Å². The van der Waals surface area contributed by atoms with Crippen molar-refractivity contribution in [3.63, 3.8) is 0 Å². The fourth-order valence-electron chi connectivity index (χ4n) is 3.14. The van der Waals surface area contributed by atoms with E-state index in [0.29, 0.717) is 5.69 Å². The molecule has 134 valence electrons. The second-order valence-electron chi connectivity index (χ2n) is 6.53. The van der Waals surface area contributed by atoms with Gasteiger partial charge in [-0.1, -0.05) is 18.2 Å². The van der Waals surface area contributed by atoms with Crippen LogP contribution in [0.1, 0.15) is 6.92 Å². The number of nitrogens with one attached hydrogen (secondary N) is 2. The van der Waals surface area contributed by atoms with Crippen LogP contribution in [-0.4, -0.2) is 59.5 Å². The number of nitrogens with zero attached hydrogens (tertiary/aromatic N) is 4. The largest absolute Gasteiger partial charge is 0.369 e. The molecule has 0 bridgehead atoms. The minimum absolute atomic E-state index is 0.0833. The highest BCUT2D eigenvalue weighted by Crippen LogP contribution is 2.15. The summed E-state index contributed by atoms with van der Waals surface area (Å²) >= 11 is 0. The van der Waals surface area contributed by atoms with E-state index >= 15 is 0 Å². The molecule has 0 aliphatic carbocycles. The van der Waals surface area contributed by atoms with Gasteiger partial charge in [0.2, 0.25) is 0 Å². The molecule has 1 atom stereocenters. The first-order chi connectivity index (χ1) is 12.1. The van der Waals surface area contributed by atoms with E-state index in [9.17, 15) is 4.79 Å². The van der Waals surface area contributed by atoms with Gasteiger partial charge in [-0.3, -0.25) is 9.58 Å². The lowest BCUT2D eigenvalue weighted by atomic mass is 10.2. The van der Waals surface area contributed by atoms with E-state index in [0.717, 1.165) is 32.7 Å². The number of para-hydroxylation sites is 1. The number of carbonyl (C=O) groups excluding carboxylic acids is 1. The molecule has 3 rings (SSSR count). The standard InChI is InChI=1S/C18H26N6O/c1-15(20-18(25)21-16-12-19-22(2)14-16)13-23-8-10-24(11-9-23)17-6-4-3-5-7-17/h3-7,12,14-15H,8-11,13H2,1-2H3,(H2,20,21,25). The third kappa shape index (κ3) is 4.96. The molecule has 1 saturated heterocycles. The zero-order valence-electron chi connectivity index (χ0n) is 14.9. The van der Waals surface area contributed by atoms with Crippen molar-refractivity contribution >= 4 is 17.4 Å². The van der Waals surface area contributed by atoms with Crippen molar-refractivity contribution in [2.75, 3.05) is 42.9 Å². The van der Waals surface area contributed by atoms with Crippen molar-refractivity contribution in [1.29, 1.82) is 0 Å². The summed E-state index contributed by atoms with van der Waals surface area (Å²) in [6.45, 7) is 6.92. The predicted octanol–water partition coefficient (Wildman–Crippen LogP) is 1.75. The molecule has 2 heterocycles. The highest BCUT2D eigenvalue weighted by atomic mass is 16.2. The monoisotopic (exact) mass is 342 g/mol. The summed E-state index contributed by atoms with van der Waals surface area (Å²) in [6, 6.07) is 10.4. The molecule has 1 fully saturated rings. The van der Waals surface area contributed by atoms with Gasteiger partial charge >= 0.3 is 6.03 Å². The number of carbonyl (C=O) groups is 1. The van der Waals surface area contributed by atoms with Gasteiger partial charge in [0.05, 0.1) is 11.9 Å². The normalized spacial score (nSPS) is 16.5. The van der Waals surface area contributed by atoms with Gasteiger partial charge in [-0.15, -0.1) is 0 Å². The maximum Gasteiger partial charge on any atom is 0.319 e. The third-order valence-corrected chi connectivity index (χ3v) is 4.37. The zero-order valence-corrected chi connectivity index (χ0v) is 14.9. The summed E-state index contributed by atoms with van der Waals surface area (Å²) in [5.41, 5.74) is 1.98. The Kier molecular flexibility index (Phi) is 5.55. The summed E-state index contributed by atoms with van der Waals surface area (Å²) in [7, 11) is 1.82. The minimum Gasteiger partial charge on any atom is -0.369 e. The number of hydrogen-bond donors (Lipinski definition) is 2. The third-order valence-electron chi connectivity index (χ3n) is 4.37. The van der Waals surface area contributed by atoms with Crippen molar-refractivity contribution < 1.29 is 4.79 Å². The Morgan fingerprint density at radius 2 is 1.92 bits per heavy atom. The number of anilines is 2. The number of urea groups is 1. The maximum absolute atomic E-state index is 12.0. The van der Waals surface area contributed by atoms with E-state index in [1.54, 1.807) is 17.1 Å². The van der Waals surface area contributed by atoms with Crippen molar-refractivity contribution in [2.45, 2.75) is 13.0 Å². The molecular formula is C18H26N6O. The molecule has 0 spiro atoms. The second kappa shape index (κ2) is 8.02. The number of aryl methyl sites for hydroxylation is 1. The number of benzene rings is 1. The quantitative estimate of drug-likeness (QED) is 0.869. The van der Waals surface area contributed by atoms with Crippen LogP contribution < -0.4 is 15.5 Å². The first kappa shape index (κ1) is 17.3. The predicted molar refractivity (Wildman–Crippen MR) is 99.9 cm³/mol. The van der Waals surface area contributed by atoms with E-state index in [-0.39, 0.29) is 12.1 Å². The SMILES string of the molecule is CC(CN1CCN(c2ccccc2)CC1)NC(=O)Nc1cnn(C)c1. The average Bonchev–Trinajstić information content (AvgIpc) is 3.01. The minimum atomic E-state index is -0.191. The second-order valence-corrected chi connectivity index (χ2v) is 6.53. The van der Waals surface area contributed by atoms with E-state index < -0.39 is 0 Å². The lowest BCUT2D eigenvalue weighted by molar-refractivity contribution is 0.224. The highest BCUT2D eigenvalue weighted by molar-refractivity contribution is 5.89. The molecule has 1 aromatic carbocycles. The first-order valence-electron chi connectivity index (χ1n) is 8.68. The average molecular weight is 342 g/mol. The molecule has 7 heteroatoms. The zero-order chi connectivity index (χ0) is 17.6. The van der Waals surface area contributed by atoms with Gasteiger partial charge in [-0.2, -0.15) is 5.10 Å². The number of hydrogen-bond acceptors (Lipinski definition) is 4. The lowest BCUT2D eigenvalue weighted by Crippen LogP contribution is -2.51. The van der Waals surface area contributed by atoms with Gasteiger partial charge in [0, 0.05) is 57.7 Å². The summed E-state index contributed by atoms with van der Waals surface area (Å²) in [4.78, 5) is 16.8. The van der Waals surface area contributed by atoms with Gasteiger partial charge in [0.15, 0.2) is 0 Å². The van der Waals surface area contributed by atoms with Gasteiger partial charge in [-0.25, -0.2) is 4.79 Å². The van der Waals surface area contributed by atoms with Crippen molar-refractivity contribution in [2.24, 2.45) is 7.05 Å². The molecule has 2 aromatic rings. The van der Waals surface area contributed by atoms with Crippen LogP contribution in [0.4, 0.5) is 16.2 Å². The molecular weight excluding hydrogens is 316 g/mol. The van der Waals surface area contributed by atoms with E-state index in [2.05, 4.69) is 49.8 Å². The van der Waals surface area contributed by atoms with Gasteiger partial charge in [-0.05, 0) is 19.1 Å². The number of rotatable bonds is 5. The van der Waals surface area contributed by atoms with Crippen LogP contribution in [0, 0.1) is 0 Å². The molecule has 1 aliphatic heterocycles. The van der Waals surface area contributed by atoms with Gasteiger partial charge < -0.3 is 15.5 Å². The van der Waals surface area contributed by atoms with E-state index in [1.807, 2.05) is 20.0 Å². The first-order valence-corrected chi connectivity index (χ1v) is 8.68. The fourth-order valence-corrected chi connectivity index (χ4v) is 3.14. The molecule has 0 saturated carbocycles. The topological polar surface area (TPSA) is 65.4 Å². The molecule has 0 radical (unpaired) electrons. The van der Waals surface area contributed by atoms with Crippen LogP contribution >= 0.6 is 0 Å². The summed E-state index contributed by atoms with van der Waals surface area (Å²) in [5.74, 6) is 0. The Morgan fingerprint density at radius 3 is 2.56 bits per heavy atom. The van der Waals surface area contributed by atoms with Crippen LogP contribution in [-0.2, 0) is 7.05 Å². The molecule has 2 amide bonds. The van der Waals surface area contributed by atoms with Crippen molar-refractivity contribution in [1.82, 2.24) is 20.0 Å². The Bertz CT molecular complexity index is 678. The summed E-state index contributed by atoms with van der Waals surface area (Å²) in [5, 5.41) is 9.82. The smallest absolute Gasteiger partial charge is 0.319 e. The Morgan fingerprint density at radius 1 is 1.20 bits per heavy atom. The molecule has 1 aliphatic rings. The van der Waals surface area contributed by atoms with Crippen LogP contribution in [0.3, 0.4) is 0 Å². The molecule has 1 unspecified atom stereocenters. The Hall–Kier alpha value is -2.54. The van der Waals surface area contributed by atoms with Crippen LogP contribution in [0.25, 0.3) is 0 Å². The lowest BCUT2D eigenvalue weighted by Gasteiger charge is -2.37. The van der Waals surface area contributed by atoms with E-state index in [4.69, 9.17) is 0 Å². The maximum atomic E-state index is 12.0. The van der Waals surface area contributed by atoms with Crippen LogP contribution in [0.5, 0.6) is 0 Å². The summed E-state index contributed by atoms with van der Waals surface area (Å²) in [6.07, 6.45) is 3.40. The van der Waals surface area contributed by atoms with Crippen molar-refractivity contribution in [3.05, 3.63) is 42.7 Å². The van der Waals surface area contributed by atoms with Crippen molar-refractivity contribution in [3.8, 4) is 0 Å². The molecule has 2 N–H and O–H groups in total. The summed E-state index contributed by atoms with van der Waals surface area (Å²) < 4.78 is 1.66. The highest BCUT2D eigenvalue weighted by Gasteiger charge is 2.19. The van der Waals surface area contributed by atoms with Gasteiger partial charge in [0.1, 0.15) is 0 Å². The Balaban J connectivity index is 1.40. The van der Waals surface area contributed by atoms with Gasteiger partial charge in [0.25, 0.3) is 0 Å². The number of piperazine rings is 1. The molecule has 25 heavy (non-hydrogen) atoms. The number of amides is 2. The fraction of sp³-hybridized carbons (Fsp3) is 0.444. The van der Waals surface area contributed by atoms with Crippen LogP contribution in [0.2, 0.25) is 0 Å². The molecule has 7 nitrogen and oxygen atoms in total. The van der Waals surface area contributed by atoms with E-state index in [1.165, 1.54) is 5.69 Å². The number of aromatic nitrogens is 2. The Labute approximate surface area is 148 Å².